The molecule has 4 aliphatic rings. The molecule has 2 N–H and O–H groups in total. The Hall–Kier alpha value is 0.850. The van der Waals surface area contributed by atoms with Gasteiger partial charge in [-0.3, -0.25) is 9.59 Å². The second kappa shape index (κ2) is 9.72. The molecule has 166 valence electrons. The quantitative estimate of drug-likeness (QED) is 0.297. The summed E-state index contributed by atoms with van der Waals surface area (Å²) in [7, 11) is -5.34. The van der Waals surface area contributed by atoms with E-state index in [4.69, 9.17) is 0 Å². The van der Waals surface area contributed by atoms with Crippen molar-refractivity contribution in [3.05, 3.63) is 23.8 Å². The fraction of sp³-hybridized carbons (Fsp3) is 0.714. The van der Waals surface area contributed by atoms with Gasteiger partial charge in [0.25, 0.3) is 0 Å². The van der Waals surface area contributed by atoms with E-state index in [0.717, 1.165) is 12.0 Å². The second-order valence-electron chi connectivity index (χ2n) is 9.75. The fourth-order valence-electron chi connectivity index (χ4n) is 7.05. The van der Waals surface area contributed by atoms with Gasteiger partial charge in [0.05, 0.1) is 13.9 Å². The number of hydrogen-bond donors (Lipinski definition) is 2. The van der Waals surface area contributed by atoms with E-state index < -0.39 is 42.7 Å². The molecule has 7 atom stereocenters. The first-order valence-electron chi connectivity index (χ1n) is 10.4. The van der Waals surface area contributed by atoms with Gasteiger partial charge >= 0.3 is 59.1 Å². The van der Waals surface area contributed by atoms with Gasteiger partial charge in [-0.15, -0.1) is 0 Å². The molecule has 0 amide bonds. The van der Waals surface area contributed by atoms with E-state index in [-0.39, 0.29) is 95.5 Å². The van der Waals surface area contributed by atoms with Crippen LogP contribution in [0, 0.1) is 28.6 Å². The number of phosphoric ester groups is 1. The van der Waals surface area contributed by atoms with Gasteiger partial charge in [-0.25, -0.2) is 0 Å². The number of ketones is 2. The van der Waals surface area contributed by atoms with Crippen LogP contribution in [0.1, 0.15) is 46.0 Å². The Balaban J connectivity index is 0.00000181. The Morgan fingerprint density at radius 3 is 2.56 bits per heavy atom. The van der Waals surface area contributed by atoms with Crippen LogP contribution in [-0.2, 0) is 18.7 Å². The molecule has 0 aromatic carbocycles. The number of carbonyl (C=O) groups excluding carboxylic acids is 2. The first-order valence-corrected chi connectivity index (χ1v) is 11.8. The van der Waals surface area contributed by atoms with Gasteiger partial charge in [0.1, 0.15) is 12.2 Å². The molecule has 3 fully saturated rings. The predicted octanol–water partition coefficient (Wildman–Crippen LogP) is -5.58. The smallest absolute Gasteiger partial charge is 0.790 e. The minimum Gasteiger partial charge on any atom is -0.790 e. The molecule has 5 unspecified atom stereocenters. The number of fused-ring (bicyclic) bond motifs is 5. The van der Waals surface area contributed by atoms with Gasteiger partial charge in [-0.2, -0.15) is 0 Å². The van der Waals surface area contributed by atoms with E-state index in [0.29, 0.717) is 12.8 Å². The summed E-state index contributed by atoms with van der Waals surface area (Å²) in [4.78, 5) is 46.2. The van der Waals surface area contributed by atoms with Crippen molar-refractivity contribution in [3.8, 4) is 0 Å². The van der Waals surface area contributed by atoms with Gasteiger partial charge in [-0.05, 0) is 56.1 Å². The number of aliphatic hydroxyl groups is 2. The maximum absolute atomic E-state index is 12.8. The average Bonchev–Trinajstić information content (AvgIpc) is 2.91. The Morgan fingerprint density at radius 1 is 1.28 bits per heavy atom. The van der Waals surface area contributed by atoms with E-state index in [1.54, 1.807) is 19.1 Å². The van der Waals surface area contributed by atoms with Crippen molar-refractivity contribution in [2.24, 2.45) is 28.6 Å². The zero-order valence-electron chi connectivity index (χ0n) is 19.1. The van der Waals surface area contributed by atoms with Crippen molar-refractivity contribution in [1.29, 1.82) is 0 Å². The van der Waals surface area contributed by atoms with Crippen molar-refractivity contribution >= 4 is 19.4 Å². The summed E-state index contributed by atoms with van der Waals surface area (Å²) in [6.07, 6.45) is 6.56. The van der Waals surface area contributed by atoms with Crippen molar-refractivity contribution in [3.63, 3.8) is 0 Å². The number of aliphatic hydroxyl groups excluding tert-OH is 1. The van der Waals surface area contributed by atoms with Crippen molar-refractivity contribution in [2.75, 3.05) is 6.61 Å². The summed E-state index contributed by atoms with van der Waals surface area (Å²) in [5.41, 5.74) is -2.27. The largest absolute Gasteiger partial charge is 1.00 e. The minimum absolute atomic E-state index is 0. The normalized spacial score (nSPS) is 42.6. The van der Waals surface area contributed by atoms with Crippen LogP contribution in [-0.4, -0.2) is 40.1 Å². The third kappa shape index (κ3) is 4.54. The molecular weight excluding hydrogens is 457 g/mol. The SMILES string of the molecule is C[C@]12C=CC(=O)C=C1CCC1C2C(O)C[C@@]2(C)C1CCC2(O)C(=O)COP(=O)([O-])[O-].[Na+].[Na+]. The van der Waals surface area contributed by atoms with Crippen LogP contribution in [0.3, 0.4) is 0 Å². The molecule has 8 nitrogen and oxygen atoms in total. The molecule has 0 aromatic heterocycles. The van der Waals surface area contributed by atoms with Gasteiger partial charge in [0.2, 0.25) is 0 Å². The average molecular weight is 484 g/mol. The molecule has 0 bridgehead atoms. The van der Waals surface area contributed by atoms with Crippen LogP contribution in [0.4, 0.5) is 0 Å². The molecule has 0 heterocycles. The zero-order valence-corrected chi connectivity index (χ0v) is 24.0. The third-order valence-corrected chi connectivity index (χ3v) is 8.91. The number of carbonyl (C=O) groups is 2. The monoisotopic (exact) mass is 484 g/mol. The molecule has 0 aliphatic heterocycles. The summed E-state index contributed by atoms with van der Waals surface area (Å²) >= 11 is 0. The van der Waals surface area contributed by atoms with Crippen LogP contribution in [0.5, 0.6) is 0 Å². The third-order valence-electron chi connectivity index (χ3n) is 8.46. The van der Waals surface area contributed by atoms with Crippen molar-refractivity contribution in [2.45, 2.75) is 57.7 Å². The van der Waals surface area contributed by atoms with Gasteiger partial charge < -0.3 is 29.1 Å². The second-order valence-corrected chi connectivity index (χ2v) is 10.9. The van der Waals surface area contributed by atoms with Gasteiger partial charge in [0.15, 0.2) is 11.6 Å². The molecule has 4 aliphatic carbocycles. The van der Waals surface area contributed by atoms with E-state index in [1.807, 2.05) is 13.0 Å². The van der Waals surface area contributed by atoms with E-state index in [1.165, 1.54) is 0 Å². The van der Waals surface area contributed by atoms with Crippen molar-refractivity contribution in [1.82, 2.24) is 0 Å². The molecule has 0 aromatic rings. The minimum atomic E-state index is -5.34. The van der Waals surface area contributed by atoms with Crippen LogP contribution in [0.25, 0.3) is 0 Å². The number of phosphoric acid groups is 1. The summed E-state index contributed by atoms with van der Waals surface area (Å²) in [6.45, 7) is 2.80. The summed E-state index contributed by atoms with van der Waals surface area (Å²) in [6, 6.07) is 0. The summed E-state index contributed by atoms with van der Waals surface area (Å²) in [5, 5.41) is 22.6. The predicted molar refractivity (Wildman–Crippen MR) is 102 cm³/mol. The molecule has 3 saturated carbocycles. The maximum atomic E-state index is 12.8. The Morgan fingerprint density at radius 2 is 1.94 bits per heavy atom. The Labute approximate surface area is 232 Å². The van der Waals surface area contributed by atoms with Crippen molar-refractivity contribution < 1.29 is 97.8 Å². The standard InChI is InChI=1S/C21H29O8P.2Na/c1-19-7-5-13(22)9-12(19)3-4-14-15-6-8-21(25,17(24)11-29-30(26,27)28)20(15,2)10-16(23)18(14)19;;/h5,7,9,14-16,18,23,25H,3-4,6,8,10-11H2,1-2H3,(H2,26,27,28);;/q;2*+1/p-2/t14?,15?,16?,18?,19-,20-,21?;;/m0../s1. The Bertz CT molecular complexity index is 900. The zero-order chi connectivity index (χ0) is 22.1. The molecule has 4 rings (SSSR count). The summed E-state index contributed by atoms with van der Waals surface area (Å²) < 4.78 is 14.9. The van der Waals surface area contributed by atoms with Crippen LogP contribution in [0.15, 0.2) is 23.8 Å². The summed E-state index contributed by atoms with van der Waals surface area (Å²) in [5.74, 6) is -1.05. The molecule has 0 spiro atoms. The molecule has 11 heteroatoms. The molecular formula is C21H27Na2O8P. The molecule has 0 saturated heterocycles. The van der Waals surface area contributed by atoms with E-state index in [9.17, 15) is 34.2 Å². The first-order chi connectivity index (χ1) is 13.8. The van der Waals surface area contributed by atoms with Gasteiger partial charge in [-0.1, -0.05) is 25.5 Å². The number of Topliss-reactive ketones (excluding diaryl/α,β-unsaturated/α-hetero) is 1. The van der Waals surface area contributed by atoms with Crippen LogP contribution < -0.4 is 68.9 Å². The van der Waals surface area contributed by atoms with Crippen LogP contribution in [0.2, 0.25) is 0 Å². The van der Waals surface area contributed by atoms with E-state index in [2.05, 4.69) is 4.52 Å². The topological polar surface area (TPSA) is 147 Å². The van der Waals surface area contributed by atoms with Gasteiger partial charge in [0, 0.05) is 16.7 Å². The maximum Gasteiger partial charge on any atom is 1.00 e. The first kappa shape index (κ1) is 29.1. The number of hydrogen-bond acceptors (Lipinski definition) is 8. The van der Waals surface area contributed by atoms with E-state index >= 15 is 0 Å². The number of rotatable bonds is 4. The fourth-order valence-corrected chi connectivity index (χ4v) is 7.32. The molecule has 32 heavy (non-hydrogen) atoms. The molecule has 0 radical (unpaired) electrons. The van der Waals surface area contributed by atoms with Crippen LogP contribution >= 0.6 is 7.82 Å². The Kier molecular flexibility index (Phi) is 8.83. The number of allylic oxidation sites excluding steroid dienone is 4.